The molecule has 17 heavy (non-hydrogen) atoms. The molecule has 1 aromatic rings. The van der Waals surface area contributed by atoms with Crippen LogP contribution >= 0.6 is 24.0 Å². The van der Waals surface area contributed by atoms with Crippen LogP contribution in [0.1, 0.15) is 26.6 Å². The van der Waals surface area contributed by atoms with Gasteiger partial charge in [0.2, 0.25) is 0 Å². The lowest BCUT2D eigenvalue weighted by molar-refractivity contribution is 0.680. The van der Waals surface area contributed by atoms with Crippen LogP contribution in [0.5, 0.6) is 0 Å². The zero-order valence-electron chi connectivity index (χ0n) is 10.8. The molecule has 2 N–H and O–H groups in total. The molecule has 0 saturated carbocycles. The zero-order chi connectivity index (χ0) is 12.0. The van der Waals surface area contributed by atoms with Gasteiger partial charge in [0, 0.05) is 19.6 Å². The van der Waals surface area contributed by atoms with Gasteiger partial charge in [0.05, 0.1) is 0 Å². The Balaban J connectivity index is 0.00000256. The Morgan fingerprint density at radius 3 is 2.71 bits per heavy atom. The average Bonchev–Trinajstić information content (AvgIpc) is 2.60. The van der Waals surface area contributed by atoms with Gasteiger partial charge in [-0.3, -0.25) is 4.68 Å². The van der Waals surface area contributed by atoms with Crippen LogP contribution in [0.25, 0.3) is 0 Å². The van der Waals surface area contributed by atoms with Crippen molar-refractivity contribution < 1.29 is 0 Å². The normalized spacial score (nSPS) is 11.2. The fraction of sp³-hybridized carbons (Fsp3) is 0.700. The first-order chi connectivity index (χ1) is 7.63. The molecule has 0 fully saturated rings. The minimum atomic E-state index is 0. The van der Waals surface area contributed by atoms with Gasteiger partial charge in [-0.1, -0.05) is 0 Å². The highest BCUT2D eigenvalue weighted by atomic mass is 127. The summed E-state index contributed by atoms with van der Waals surface area (Å²) in [5, 5.41) is 10.4. The lowest BCUT2D eigenvalue weighted by Crippen LogP contribution is -2.41. The van der Waals surface area contributed by atoms with Gasteiger partial charge >= 0.3 is 0 Å². The van der Waals surface area contributed by atoms with Gasteiger partial charge in [0.25, 0.3) is 0 Å². The molecule has 0 aliphatic rings. The molecule has 0 unspecified atom stereocenters. The van der Waals surface area contributed by atoms with Crippen molar-refractivity contribution >= 4 is 29.9 Å². The van der Waals surface area contributed by atoms with E-state index in [4.69, 9.17) is 0 Å². The summed E-state index contributed by atoms with van der Waals surface area (Å²) in [6.45, 7) is 7.57. The van der Waals surface area contributed by atoms with Crippen LogP contribution in [-0.2, 0) is 13.6 Å². The van der Waals surface area contributed by atoms with E-state index in [0.29, 0.717) is 12.6 Å². The molecule has 0 aliphatic heterocycles. The van der Waals surface area contributed by atoms with E-state index in [1.165, 1.54) is 6.33 Å². The summed E-state index contributed by atoms with van der Waals surface area (Å²) in [5.74, 6) is 1.65. The average molecular weight is 352 g/mol. The second-order valence-electron chi connectivity index (χ2n) is 3.79. The summed E-state index contributed by atoms with van der Waals surface area (Å²) in [4.78, 5) is 8.54. The number of halogens is 1. The SMILES string of the molecule is CCNC(=NCc1ncnn1C)NC(C)C.I. The molecule has 0 bridgehead atoms. The van der Waals surface area contributed by atoms with Crippen LogP contribution < -0.4 is 10.6 Å². The summed E-state index contributed by atoms with van der Waals surface area (Å²) < 4.78 is 1.72. The van der Waals surface area contributed by atoms with E-state index in [1.807, 2.05) is 14.0 Å². The van der Waals surface area contributed by atoms with Crippen molar-refractivity contribution in [2.45, 2.75) is 33.4 Å². The molecular weight excluding hydrogens is 331 g/mol. The zero-order valence-corrected chi connectivity index (χ0v) is 13.1. The molecule has 0 aliphatic carbocycles. The Bertz CT molecular complexity index is 346. The van der Waals surface area contributed by atoms with Crippen molar-refractivity contribution in [3.8, 4) is 0 Å². The number of hydrogen-bond donors (Lipinski definition) is 2. The van der Waals surface area contributed by atoms with Crippen molar-refractivity contribution in [2.75, 3.05) is 6.54 Å². The maximum atomic E-state index is 4.43. The molecule has 7 heteroatoms. The Labute approximate surface area is 119 Å². The highest BCUT2D eigenvalue weighted by molar-refractivity contribution is 14.0. The van der Waals surface area contributed by atoms with E-state index in [-0.39, 0.29) is 24.0 Å². The fourth-order valence-corrected chi connectivity index (χ4v) is 1.21. The predicted octanol–water partition coefficient (Wildman–Crippen LogP) is 0.897. The lowest BCUT2D eigenvalue weighted by Gasteiger charge is -2.13. The smallest absolute Gasteiger partial charge is 0.191 e. The quantitative estimate of drug-likeness (QED) is 0.480. The first kappa shape index (κ1) is 16.1. The maximum Gasteiger partial charge on any atom is 0.191 e. The first-order valence-corrected chi connectivity index (χ1v) is 5.51. The van der Waals surface area contributed by atoms with Crippen molar-refractivity contribution in [2.24, 2.45) is 12.0 Å². The molecule has 1 aromatic heterocycles. The Kier molecular flexibility index (Phi) is 7.85. The number of nitrogens with one attached hydrogen (secondary N) is 2. The molecule has 1 heterocycles. The fourth-order valence-electron chi connectivity index (χ4n) is 1.21. The number of rotatable bonds is 4. The molecule has 0 spiro atoms. The lowest BCUT2D eigenvalue weighted by atomic mass is 10.4. The number of hydrogen-bond acceptors (Lipinski definition) is 3. The third-order valence-corrected chi connectivity index (χ3v) is 1.95. The van der Waals surface area contributed by atoms with E-state index in [0.717, 1.165) is 18.3 Å². The highest BCUT2D eigenvalue weighted by Gasteiger charge is 2.02. The van der Waals surface area contributed by atoms with E-state index >= 15 is 0 Å². The standard InChI is InChI=1S/C10H20N6.HI/c1-5-11-10(15-8(2)3)12-6-9-13-7-14-16(9)4;/h7-8H,5-6H2,1-4H3,(H2,11,12,15);1H. The third kappa shape index (κ3) is 5.85. The molecule has 1 rings (SSSR count). The first-order valence-electron chi connectivity index (χ1n) is 5.51. The number of aryl methyl sites for hydroxylation is 1. The van der Waals surface area contributed by atoms with Gasteiger partial charge in [-0.15, -0.1) is 24.0 Å². The largest absolute Gasteiger partial charge is 0.357 e. The van der Waals surface area contributed by atoms with Gasteiger partial charge < -0.3 is 10.6 Å². The van der Waals surface area contributed by atoms with Crippen molar-refractivity contribution in [3.05, 3.63) is 12.2 Å². The van der Waals surface area contributed by atoms with E-state index in [1.54, 1.807) is 4.68 Å². The van der Waals surface area contributed by atoms with Crippen LogP contribution in [0.3, 0.4) is 0 Å². The second-order valence-corrected chi connectivity index (χ2v) is 3.79. The maximum absolute atomic E-state index is 4.43. The Morgan fingerprint density at radius 2 is 2.24 bits per heavy atom. The van der Waals surface area contributed by atoms with Gasteiger partial charge in [0.15, 0.2) is 5.96 Å². The minimum Gasteiger partial charge on any atom is -0.357 e. The second kappa shape index (κ2) is 8.26. The topological polar surface area (TPSA) is 67.1 Å². The summed E-state index contributed by atoms with van der Waals surface area (Å²) in [5.41, 5.74) is 0. The summed E-state index contributed by atoms with van der Waals surface area (Å²) in [6, 6.07) is 0.359. The van der Waals surface area contributed by atoms with Gasteiger partial charge in [-0.25, -0.2) is 9.98 Å². The molecule has 0 amide bonds. The Morgan fingerprint density at radius 1 is 1.53 bits per heavy atom. The predicted molar refractivity (Wildman–Crippen MR) is 79.5 cm³/mol. The monoisotopic (exact) mass is 352 g/mol. The highest BCUT2D eigenvalue weighted by Crippen LogP contribution is 1.93. The molecular formula is C10H21IN6. The summed E-state index contributed by atoms with van der Waals surface area (Å²) >= 11 is 0. The van der Waals surface area contributed by atoms with E-state index < -0.39 is 0 Å². The van der Waals surface area contributed by atoms with Crippen LogP contribution in [0.2, 0.25) is 0 Å². The number of guanidine groups is 1. The molecule has 6 nitrogen and oxygen atoms in total. The van der Waals surface area contributed by atoms with E-state index in [9.17, 15) is 0 Å². The van der Waals surface area contributed by atoms with Crippen LogP contribution in [0.15, 0.2) is 11.3 Å². The van der Waals surface area contributed by atoms with Gasteiger partial charge in [-0.05, 0) is 20.8 Å². The summed E-state index contributed by atoms with van der Waals surface area (Å²) in [6.07, 6.45) is 1.54. The van der Waals surface area contributed by atoms with Crippen molar-refractivity contribution in [1.82, 2.24) is 25.4 Å². The molecule has 0 radical (unpaired) electrons. The molecule has 98 valence electrons. The van der Waals surface area contributed by atoms with Crippen LogP contribution in [0, 0.1) is 0 Å². The van der Waals surface area contributed by atoms with Gasteiger partial charge in [0.1, 0.15) is 18.7 Å². The number of nitrogens with zero attached hydrogens (tertiary/aromatic N) is 4. The van der Waals surface area contributed by atoms with E-state index in [2.05, 4.69) is 39.6 Å². The molecule has 0 atom stereocenters. The number of aliphatic imine (C=N–C) groups is 1. The van der Waals surface area contributed by atoms with Crippen LogP contribution in [-0.4, -0.2) is 33.3 Å². The summed E-state index contributed by atoms with van der Waals surface area (Å²) in [7, 11) is 1.86. The molecule has 0 saturated heterocycles. The third-order valence-electron chi connectivity index (χ3n) is 1.95. The van der Waals surface area contributed by atoms with Crippen molar-refractivity contribution in [1.29, 1.82) is 0 Å². The minimum absolute atomic E-state index is 0. The Hall–Kier alpha value is -0.860. The van der Waals surface area contributed by atoms with Gasteiger partial charge in [-0.2, -0.15) is 5.10 Å². The van der Waals surface area contributed by atoms with Crippen molar-refractivity contribution in [3.63, 3.8) is 0 Å². The van der Waals surface area contributed by atoms with Crippen LogP contribution in [0.4, 0.5) is 0 Å². The molecule has 0 aromatic carbocycles. The number of aromatic nitrogens is 3.